The summed E-state index contributed by atoms with van der Waals surface area (Å²) in [6.45, 7) is 15.2. The second kappa shape index (κ2) is 46.1. The smallest absolute Gasteiger partial charge is 0.335 e. The van der Waals surface area contributed by atoms with Crippen LogP contribution in [0, 0.1) is 0 Å². The van der Waals surface area contributed by atoms with E-state index in [4.69, 9.17) is 40.3 Å². The van der Waals surface area contributed by atoms with E-state index in [9.17, 15) is 15.0 Å². The second-order valence-electron chi connectivity index (χ2n) is 17.0. The van der Waals surface area contributed by atoms with Crippen molar-refractivity contribution in [3.05, 3.63) is 284 Å². The van der Waals surface area contributed by atoms with Crippen LogP contribution in [-0.2, 0) is 66.8 Å². The average Bonchev–Trinajstić information content (AvgIpc) is 3.49. The molecule has 0 aliphatic carbocycles. The Kier molecular flexibility index (Phi) is 40.5. The molecule has 0 unspecified atom stereocenters. The van der Waals surface area contributed by atoms with E-state index in [2.05, 4.69) is 91.2 Å². The summed E-state index contributed by atoms with van der Waals surface area (Å²) in [5.41, 5.74) is 32.9. The maximum Gasteiger partial charge on any atom is 0.335 e. The Balaban J connectivity index is 0.000000541. The molecular formula is C62H76BrN9O8. The van der Waals surface area contributed by atoms with Crippen LogP contribution in [0.1, 0.15) is 61.6 Å². The number of azide groups is 3. The average molecular weight is 1160 g/mol. The number of hydrogen-bond acceptors (Lipinski definition) is 10. The topological polar surface area (TPSA) is 250 Å². The Morgan fingerprint density at radius 1 is 0.512 bits per heavy atom. The minimum Gasteiger partial charge on any atom is -0.479 e. The highest BCUT2D eigenvalue weighted by Gasteiger charge is 2.30. The number of nitrogens with zero attached hydrogens (tertiary/aromatic N) is 9. The van der Waals surface area contributed by atoms with Crippen LogP contribution in [0.4, 0.5) is 0 Å². The van der Waals surface area contributed by atoms with Crippen molar-refractivity contribution in [1.82, 2.24) is 0 Å². The van der Waals surface area contributed by atoms with Crippen LogP contribution in [0.2, 0.25) is 0 Å². The molecule has 18 heteroatoms. The van der Waals surface area contributed by atoms with Crippen LogP contribution in [0.3, 0.4) is 0 Å². The highest BCUT2D eigenvalue weighted by Crippen LogP contribution is 2.16. The van der Waals surface area contributed by atoms with Crippen molar-refractivity contribution < 1.29 is 38.7 Å². The fourth-order valence-corrected chi connectivity index (χ4v) is 6.74. The molecule has 0 aliphatic heterocycles. The van der Waals surface area contributed by atoms with Gasteiger partial charge in [-0.3, -0.25) is 0 Å². The molecule has 0 fully saturated rings. The second-order valence-corrected chi connectivity index (χ2v) is 17.6. The first-order valence-electron chi connectivity index (χ1n) is 25.2. The lowest BCUT2D eigenvalue weighted by atomic mass is 10.2. The van der Waals surface area contributed by atoms with Crippen molar-refractivity contribution in [2.75, 3.05) is 19.6 Å². The van der Waals surface area contributed by atoms with Gasteiger partial charge in [0.05, 0.1) is 64.9 Å². The number of halogens is 1. The molecule has 6 rings (SSSR count). The number of benzene rings is 6. The maximum absolute atomic E-state index is 11.6. The lowest BCUT2D eigenvalue weighted by molar-refractivity contribution is -0.163. The van der Waals surface area contributed by atoms with E-state index in [-0.39, 0.29) is 52.5 Å². The number of carboxylic acid groups (broad SMARTS) is 1. The predicted octanol–water partition coefficient (Wildman–Crippen LogP) is 15.8. The SMILES string of the molecule is BrCc1ccccc1.C.C=C[C@H](OCc1ccccc1)[C@@H](CN=[N+]=[N-])OCc1ccccc1.C=C[C@H](OCc1ccccc1)[C@H](O)CN=[N+]=[N-].CC=C(C)C.[N-]=[N+]=NC[C@@H](OCc1ccccc1)[C@@H](OCc1ccccc1)C(=O)O. The van der Waals surface area contributed by atoms with Gasteiger partial charge in [-0.05, 0) is 70.7 Å². The normalized spacial score (nSPS) is 12.1. The Morgan fingerprint density at radius 2 is 0.800 bits per heavy atom. The third-order valence-corrected chi connectivity index (χ3v) is 11.5. The minimum atomic E-state index is -1.24. The number of aliphatic hydroxyl groups is 1. The van der Waals surface area contributed by atoms with Crippen LogP contribution in [0.15, 0.2) is 234 Å². The zero-order chi connectivity index (χ0) is 57.6. The zero-order valence-electron chi connectivity index (χ0n) is 45.0. The van der Waals surface area contributed by atoms with Crippen molar-refractivity contribution in [3.8, 4) is 0 Å². The van der Waals surface area contributed by atoms with Crippen LogP contribution in [-0.4, -0.2) is 72.4 Å². The third-order valence-electron chi connectivity index (χ3n) is 10.8. The number of aliphatic carboxylic acids is 1. The largest absolute Gasteiger partial charge is 0.479 e. The summed E-state index contributed by atoms with van der Waals surface area (Å²) in [6.07, 6.45) is 0.979. The molecule has 0 saturated heterocycles. The molecular weight excluding hydrogens is 1080 g/mol. The molecule has 0 bridgehead atoms. The van der Waals surface area contributed by atoms with Gasteiger partial charge in [-0.25, -0.2) is 4.79 Å². The summed E-state index contributed by atoms with van der Waals surface area (Å²) in [7, 11) is 0. The molecule has 2 N–H and O–H groups in total. The van der Waals surface area contributed by atoms with E-state index in [0.29, 0.717) is 19.8 Å². The predicted molar refractivity (Wildman–Crippen MR) is 322 cm³/mol. The Bertz CT molecular complexity index is 2710. The summed E-state index contributed by atoms with van der Waals surface area (Å²) in [6, 6.07) is 58.2. The number of allylic oxidation sites excluding steroid dienone is 2. The van der Waals surface area contributed by atoms with Crippen molar-refractivity contribution >= 4 is 21.9 Å². The molecule has 0 amide bonds. The number of rotatable bonds is 28. The van der Waals surface area contributed by atoms with Gasteiger partial charge in [-0.2, -0.15) is 0 Å². The first-order valence-corrected chi connectivity index (χ1v) is 26.3. The fraction of sp³-hybridized carbons (Fsp3) is 0.306. The van der Waals surface area contributed by atoms with Crippen LogP contribution < -0.4 is 0 Å². The van der Waals surface area contributed by atoms with Gasteiger partial charge in [-0.1, -0.05) is 244 Å². The molecule has 80 heavy (non-hydrogen) atoms. The number of hydrogen-bond donors (Lipinski definition) is 2. The van der Waals surface area contributed by atoms with Gasteiger partial charge in [0.15, 0.2) is 6.10 Å². The molecule has 0 aromatic heterocycles. The number of ether oxygens (including phenoxy) is 5. The highest BCUT2D eigenvalue weighted by molar-refractivity contribution is 9.08. The van der Waals surface area contributed by atoms with Crippen LogP contribution in [0.25, 0.3) is 31.3 Å². The highest BCUT2D eigenvalue weighted by atomic mass is 79.9. The summed E-state index contributed by atoms with van der Waals surface area (Å²) in [4.78, 5) is 19.7. The van der Waals surface area contributed by atoms with Crippen molar-refractivity contribution in [2.45, 2.75) is 103 Å². The van der Waals surface area contributed by atoms with E-state index < -0.39 is 30.4 Å². The van der Waals surface area contributed by atoms with Gasteiger partial charge < -0.3 is 33.9 Å². The first-order chi connectivity index (χ1) is 38.5. The molecule has 0 spiro atoms. The van der Waals surface area contributed by atoms with E-state index in [1.54, 1.807) is 6.08 Å². The lowest BCUT2D eigenvalue weighted by Gasteiger charge is -2.24. The van der Waals surface area contributed by atoms with E-state index in [1.807, 2.05) is 177 Å². The number of alkyl halides is 1. The molecule has 6 aromatic rings. The standard InChI is InChI=1S/C19H21N3O2.C18H19N3O4.C12H15N3O2.C7H7Br.C5H10.CH4/c1-2-18(23-14-16-9-5-3-6-10-16)19(13-21-22-20)24-15-17-11-7-4-8-12-17;19-21-20-11-16(24-12-14-7-3-1-4-8-14)17(18(22)23)25-13-15-9-5-2-6-10-15;1-2-12(11(16)8-14-15-13)17-9-10-6-4-3-5-7-10;8-6-7-4-2-1-3-5-7;1-4-5(2)3;/h2-12,18-19H,1,13-15H2;1-10,16-17H,11-13H2,(H,22,23);2-7,11-12,16H,1,8-9H2;1-5H,6H2;4H,1-3H3;1H4/t18-,19+;16-,17-;11-,12+;;;/m011.../s1. The quantitative estimate of drug-likeness (QED) is 0.0157. The maximum atomic E-state index is 11.6. The fourth-order valence-electron chi connectivity index (χ4n) is 6.36. The van der Waals surface area contributed by atoms with Crippen molar-refractivity contribution in [2.24, 2.45) is 15.3 Å². The van der Waals surface area contributed by atoms with Crippen LogP contribution >= 0.6 is 15.9 Å². The number of carbonyl (C=O) groups is 1. The van der Waals surface area contributed by atoms with Crippen molar-refractivity contribution in [1.29, 1.82) is 0 Å². The van der Waals surface area contributed by atoms with Gasteiger partial charge in [0.2, 0.25) is 0 Å². The minimum absolute atomic E-state index is 0. The Hall–Kier alpha value is -7.82. The molecule has 17 nitrogen and oxygen atoms in total. The Labute approximate surface area is 480 Å². The molecule has 0 aliphatic rings. The third kappa shape index (κ3) is 32.8. The molecule has 6 atom stereocenters. The number of carboxylic acids is 1. The van der Waals surface area contributed by atoms with Crippen molar-refractivity contribution in [3.63, 3.8) is 0 Å². The lowest BCUT2D eigenvalue weighted by Crippen LogP contribution is -2.40. The van der Waals surface area contributed by atoms with Gasteiger partial charge in [0.1, 0.15) is 18.3 Å². The van der Waals surface area contributed by atoms with E-state index in [1.165, 1.54) is 17.2 Å². The summed E-state index contributed by atoms with van der Waals surface area (Å²) >= 11 is 3.36. The van der Waals surface area contributed by atoms with Gasteiger partial charge in [0, 0.05) is 20.1 Å². The monoisotopic (exact) mass is 1150 g/mol. The van der Waals surface area contributed by atoms with Gasteiger partial charge >= 0.3 is 5.97 Å². The first kappa shape index (κ1) is 70.2. The molecule has 6 aromatic carbocycles. The summed E-state index contributed by atoms with van der Waals surface area (Å²) in [5, 5.41) is 30.5. The summed E-state index contributed by atoms with van der Waals surface area (Å²) in [5.74, 6) is -1.16. The molecule has 0 saturated carbocycles. The van der Waals surface area contributed by atoms with Crippen LogP contribution in [0.5, 0.6) is 0 Å². The summed E-state index contributed by atoms with van der Waals surface area (Å²) < 4.78 is 28.5. The van der Waals surface area contributed by atoms with E-state index in [0.717, 1.165) is 33.1 Å². The Morgan fingerprint density at radius 3 is 1.10 bits per heavy atom. The molecule has 424 valence electrons. The molecule has 0 heterocycles. The number of aliphatic hydroxyl groups excluding tert-OH is 1. The van der Waals surface area contributed by atoms with E-state index >= 15 is 0 Å². The van der Waals surface area contributed by atoms with Gasteiger partial charge in [0.25, 0.3) is 0 Å². The molecule has 0 radical (unpaired) electrons. The van der Waals surface area contributed by atoms with Gasteiger partial charge in [-0.15, -0.1) is 13.2 Å². The zero-order valence-corrected chi connectivity index (χ0v) is 46.6.